The summed E-state index contributed by atoms with van der Waals surface area (Å²) in [5.41, 5.74) is -0.369. The van der Waals surface area contributed by atoms with E-state index in [1.54, 1.807) is 0 Å². The summed E-state index contributed by atoms with van der Waals surface area (Å²) in [4.78, 5) is 0. The highest BCUT2D eigenvalue weighted by molar-refractivity contribution is 7.49. The summed E-state index contributed by atoms with van der Waals surface area (Å²) in [6, 6.07) is 12.8. The third-order valence-corrected chi connectivity index (χ3v) is 5.94. The van der Waals surface area contributed by atoms with Gasteiger partial charge < -0.3 is 13.6 Å². The summed E-state index contributed by atoms with van der Waals surface area (Å²) in [5, 5.41) is 0. The summed E-state index contributed by atoms with van der Waals surface area (Å²) in [7, 11) is -4.72. The lowest BCUT2D eigenvalue weighted by atomic mass is 10.1. The summed E-state index contributed by atoms with van der Waals surface area (Å²) < 4.78 is 143. The molecule has 0 N–H and O–H groups in total. The lowest BCUT2D eigenvalue weighted by Gasteiger charge is -2.20. The number of halogens is 9. The van der Waals surface area contributed by atoms with Crippen LogP contribution in [0.3, 0.4) is 0 Å². The molecule has 0 aromatic heterocycles. The average Bonchev–Trinajstić information content (AvgIpc) is 2.75. The number of alkyl halides is 9. The Labute approximate surface area is 210 Å². The molecule has 0 aliphatic rings. The van der Waals surface area contributed by atoms with E-state index in [0.29, 0.717) is 0 Å². The van der Waals surface area contributed by atoms with E-state index in [1.807, 2.05) is 0 Å². The predicted molar refractivity (Wildman–Crippen MR) is 118 cm³/mol. The van der Waals surface area contributed by atoms with Crippen LogP contribution in [0.25, 0.3) is 0 Å². The lowest BCUT2D eigenvalue weighted by Crippen LogP contribution is -2.12. The molecular formula is C24H18F9O4P. The van der Waals surface area contributed by atoms with Crippen LogP contribution in [0.15, 0.2) is 72.8 Å². The fourth-order valence-corrected chi connectivity index (χ4v) is 4.39. The van der Waals surface area contributed by atoms with Gasteiger partial charge in [0, 0.05) is 0 Å². The van der Waals surface area contributed by atoms with Gasteiger partial charge >= 0.3 is 26.4 Å². The molecule has 0 bridgehead atoms. The molecule has 38 heavy (non-hydrogen) atoms. The van der Waals surface area contributed by atoms with E-state index in [9.17, 15) is 44.1 Å². The highest BCUT2D eigenvalue weighted by atomic mass is 31.2. The second-order valence-electron chi connectivity index (χ2n) is 8.03. The normalized spacial score (nSPS) is 12.8. The monoisotopic (exact) mass is 572 g/mol. The number of rotatable bonds is 9. The molecule has 0 aliphatic heterocycles. The number of benzene rings is 3. The summed E-state index contributed by atoms with van der Waals surface area (Å²) in [5.74, 6) is -0.704. The highest BCUT2D eigenvalue weighted by Gasteiger charge is 2.34. The predicted octanol–water partition coefficient (Wildman–Crippen LogP) is 8.65. The third-order valence-electron chi connectivity index (χ3n) is 4.64. The number of phosphoric ester groups is 1. The molecule has 3 aromatic carbocycles. The minimum atomic E-state index is -4.72. The second-order valence-corrected chi connectivity index (χ2v) is 9.47. The molecule has 0 saturated carbocycles. The van der Waals surface area contributed by atoms with Gasteiger partial charge in [-0.15, -0.1) is 0 Å². The number of hydrogen-bond donors (Lipinski definition) is 0. The standard InChI is InChI=1S/C24H18F9O4P/c25-22(26,27)13-16-1-7-19(8-2-16)35-38(34,36-20-9-3-17(4-10-20)14-23(28,29)30)37-21-11-5-18(6-12-21)15-24(31,32)33/h1-12H,13-15H2. The van der Waals surface area contributed by atoms with Crippen LogP contribution in [0.4, 0.5) is 39.5 Å². The smallest absolute Gasteiger partial charge is 0.386 e. The minimum absolute atomic E-state index is 0.123. The van der Waals surface area contributed by atoms with Crippen molar-refractivity contribution in [3.63, 3.8) is 0 Å². The van der Waals surface area contributed by atoms with E-state index in [2.05, 4.69) is 0 Å². The summed E-state index contributed by atoms with van der Waals surface area (Å²) in [6.45, 7) is 0. The maximum Gasteiger partial charge on any atom is 0.647 e. The Balaban J connectivity index is 1.83. The first-order valence-electron chi connectivity index (χ1n) is 10.6. The number of phosphoric acid groups is 1. The molecule has 0 spiro atoms. The van der Waals surface area contributed by atoms with Crippen LogP contribution < -0.4 is 13.6 Å². The van der Waals surface area contributed by atoms with Gasteiger partial charge in [0.2, 0.25) is 0 Å². The van der Waals surface area contributed by atoms with Gasteiger partial charge in [0.25, 0.3) is 0 Å². The van der Waals surface area contributed by atoms with E-state index >= 15 is 0 Å². The Morgan fingerprint density at radius 2 is 0.658 bits per heavy atom. The fourth-order valence-electron chi connectivity index (χ4n) is 3.14. The maximum absolute atomic E-state index is 13.5. The highest BCUT2D eigenvalue weighted by Crippen LogP contribution is 2.50. The topological polar surface area (TPSA) is 44.8 Å². The van der Waals surface area contributed by atoms with Crippen molar-refractivity contribution < 1.29 is 57.7 Å². The van der Waals surface area contributed by atoms with Crippen LogP contribution in [0.1, 0.15) is 16.7 Å². The van der Waals surface area contributed by atoms with E-state index in [-0.39, 0.29) is 33.9 Å². The van der Waals surface area contributed by atoms with Crippen molar-refractivity contribution in [2.75, 3.05) is 0 Å². The molecule has 4 nitrogen and oxygen atoms in total. The van der Waals surface area contributed by atoms with Gasteiger partial charge in [0.1, 0.15) is 17.2 Å². The molecule has 0 fully saturated rings. The molecule has 0 saturated heterocycles. The van der Waals surface area contributed by atoms with Crippen molar-refractivity contribution in [2.24, 2.45) is 0 Å². The minimum Gasteiger partial charge on any atom is -0.386 e. The molecule has 14 heteroatoms. The second kappa shape index (κ2) is 11.2. The summed E-state index contributed by atoms with van der Waals surface area (Å²) >= 11 is 0. The van der Waals surface area contributed by atoms with Crippen molar-refractivity contribution in [3.8, 4) is 17.2 Å². The van der Waals surface area contributed by atoms with Crippen molar-refractivity contribution in [1.82, 2.24) is 0 Å². The lowest BCUT2D eigenvalue weighted by molar-refractivity contribution is -0.128. The third kappa shape index (κ3) is 10.2. The Hall–Kier alpha value is -3.34. The van der Waals surface area contributed by atoms with Crippen LogP contribution in [0.2, 0.25) is 0 Å². The van der Waals surface area contributed by atoms with Crippen LogP contribution in [0, 0.1) is 0 Å². The molecule has 0 unspecified atom stereocenters. The molecule has 0 atom stereocenters. The Morgan fingerprint density at radius 1 is 0.447 bits per heavy atom. The van der Waals surface area contributed by atoms with Crippen LogP contribution in [-0.2, 0) is 23.8 Å². The molecule has 3 rings (SSSR count). The fraction of sp³-hybridized carbons (Fsp3) is 0.250. The zero-order valence-corrected chi connectivity index (χ0v) is 19.9. The molecule has 206 valence electrons. The van der Waals surface area contributed by atoms with Crippen LogP contribution in [0.5, 0.6) is 17.2 Å². The van der Waals surface area contributed by atoms with Gasteiger partial charge in [0.15, 0.2) is 0 Å². The van der Waals surface area contributed by atoms with Crippen molar-refractivity contribution in [1.29, 1.82) is 0 Å². The first-order valence-corrected chi connectivity index (χ1v) is 12.1. The largest absolute Gasteiger partial charge is 0.647 e. The maximum atomic E-state index is 13.5. The molecular weight excluding hydrogens is 554 g/mol. The van der Waals surface area contributed by atoms with E-state index < -0.39 is 45.6 Å². The van der Waals surface area contributed by atoms with Gasteiger partial charge in [-0.1, -0.05) is 36.4 Å². The molecule has 3 aromatic rings. The molecule has 0 radical (unpaired) electrons. The Morgan fingerprint density at radius 3 is 0.842 bits per heavy atom. The SMILES string of the molecule is O=P(Oc1ccc(CC(F)(F)F)cc1)(Oc1ccc(CC(F)(F)F)cc1)Oc1ccc(CC(F)(F)F)cc1. The first kappa shape index (κ1) is 29.2. The Bertz CT molecular complexity index is 1080. The van der Waals surface area contributed by atoms with E-state index in [4.69, 9.17) is 13.6 Å². The first-order chi connectivity index (χ1) is 17.5. The van der Waals surface area contributed by atoms with Crippen molar-refractivity contribution >= 4 is 7.82 Å². The van der Waals surface area contributed by atoms with Gasteiger partial charge in [-0.25, -0.2) is 0 Å². The Kier molecular flexibility index (Phi) is 8.60. The summed E-state index contributed by atoms with van der Waals surface area (Å²) in [6.07, 6.45) is -17.1. The number of hydrogen-bond acceptors (Lipinski definition) is 4. The van der Waals surface area contributed by atoms with Crippen LogP contribution in [-0.4, -0.2) is 18.5 Å². The van der Waals surface area contributed by atoms with E-state index in [0.717, 1.165) is 72.8 Å². The molecule has 0 amide bonds. The zero-order valence-electron chi connectivity index (χ0n) is 19.0. The molecule has 0 heterocycles. The van der Waals surface area contributed by atoms with Gasteiger partial charge in [-0.2, -0.15) is 44.1 Å². The quantitative estimate of drug-likeness (QED) is 0.190. The van der Waals surface area contributed by atoms with Gasteiger partial charge in [0.05, 0.1) is 19.3 Å². The van der Waals surface area contributed by atoms with Crippen LogP contribution >= 0.6 is 7.82 Å². The zero-order chi connectivity index (χ0) is 28.2. The average molecular weight is 572 g/mol. The van der Waals surface area contributed by atoms with Crippen molar-refractivity contribution in [3.05, 3.63) is 89.5 Å². The van der Waals surface area contributed by atoms with Crippen molar-refractivity contribution in [2.45, 2.75) is 37.8 Å². The van der Waals surface area contributed by atoms with Gasteiger partial charge in [-0.3, -0.25) is 0 Å². The van der Waals surface area contributed by atoms with E-state index in [1.165, 1.54) is 0 Å². The molecule has 0 aliphatic carbocycles. The van der Waals surface area contributed by atoms with Gasteiger partial charge in [-0.05, 0) is 53.1 Å².